The smallest absolute Gasteiger partial charge is 0.235 e. The Hall–Kier alpha value is -1.92. The Labute approximate surface area is 162 Å². The maximum Gasteiger partial charge on any atom is 0.235 e. The molecule has 0 aliphatic rings. The van der Waals surface area contributed by atoms with E-state index in [1.165, 1.54) is 32.7 Å². The first-order chi connectivity index (χ1) is 12.3. The molecule has 0 atom stereocenters. The summed E-state index contributed by atoms with van der Waals surface area (Å²) in [5.41, 5.74) is 6.29. The van der Waals surface area contributed by atoms with Crippen molar-refractivity contribution >= 4 is 44.8 Å². The lowest BCUT2D eigenvalue weighted by molar-refractivity contribution is -0.114. The van der Waals surface area contributed by atoms with Crippen molar-refractivity contribution < 1.29 is 9.59 Å². The van der Waals surface area contributed by atoms with Crippen LogP contribution in [0.1, 0.15) is 22.3 Å². The van der Waals surface area contributed by atoms with Gasteiger partial charge in [0.2, 0.25) is 11.8 Å². The van der Waals surface area contributed by atoms with Gasteiger partial charge in [0, 0.05) is 11.4 Å². The normalized spacial score (nSPS) is 10.5. The van der Waals surface area contributed by atoms with Crippen molar-refractivity contribution in [2.24, 2.45) is 0 Å². The third kappa shape index (κ3) is 6.42. The van der Waals surface area contributed by atoms with E-state index in [9.17, 15) is 9.59 Å². The standard InChI is InChI=1S/C20H24N2O2S2/c1-13-5-7-17(9-15(13)3)21-19(23)11-25-26-12-20(24)22-18-8-6-14(2)16(4)10-18/h5-10H,11-12H2,1-4H3,(H,21,23)(H,22,24). The number of aryl methyl sites for hydroxylation is 4. The van der Waals surface area contributed by atoms with Crippen molar-refractivity contribution in [3.63, 3.8) is 0 Å². The molecule has 6 heteroatoms. The molecule has 0 bridgehead atoms. The van der Waals surface area contributed by atoms with Crippen LogP contribution in [0, 0.1) is 27.7 Å². The number of hydrogen-bond donors (Lipinski definition) is 2. The third-order valence-electron chi connectivity index (χ3n) is 4.04. The maximum absolute atomic E-state index is 12.0. The molecular weight excluding hydrogens is 364 g/mol. The molecule has 0 aromatic heterocycles. The Bertz CT molecular complexity index is 739. The topological polar surface area (TPSA) is 58.2 Å². The van der Waals surface area contributed by atoms with Gasteiger partial charge < -0.3 is 10.6 Å². The predicted molar refractivity (Wildman–Crippen MR) is 114 cm³/mol. The predicted octanol–water partition coefficient (Wildman–Crippen LogP) is 4.88. The van der Waals surface area contributed by atoms with Gasteiger partial charge in [-0.3, -0.25) is 9.59 Å². The number of carbonyl (C=O) groups is 2. The second-order valence-electron chi connectivity index (χ2n) is 6.22. The zero-order valence-electron chi connectivity index (χ0n) is 15.5. The summed E-state index contributed by atoms with van der Waals surface area (Å²) in [5, 5.41) is 5.75. The Balaban J connectivity index is 1.68. The Kier molecular flexibility index (Phi) is 7.60. The van der Waals surface area contributed by atoms with Crippen molar-refractivity contribution in [2.75, 3.05) is 22.1 Å². The first-order valence-corrected chi connectivity index (χ1v) is 10.8. The summed E-state index contributed by atoms with van der Waals surface area (Å²) >= 11 is 0. The van der Waals surface area contributed by atoms with Gasteiger partial charge >= 0.3 is 0 Å². The van der Waals surface area contributed by atoms with Gasteiger partial charge in [-0.1, -0.05) is 33.7 Å². The first-order valence-electron chi connectivity index (χ1n) is 8.34. The molecule has 0 unspecified atom stereocenters. The van der Waals surface area contributed by atoms with Crippen LogP contribution in [0.2, 0.25) is 0 Å². The van der Waals surface area contributed by atoms with E-state index in [-0.39, 0.29) is 11.8 Å². The maximum atomic E-state index is 12.0. The Morgan fingerprint density at radius 3 is 1.42 bits per heavy atom. The third-order valence-corrected chi connectivity index (χ3v) is 6.18. The Morgan fingerprint density at radius 2 is 1.08 bits per heavy atom. The molecule has 0 fully saturated rings. The van der Waals surface area contributed by atoms with E-state index in [1.54, 1.807) is 0 Å². The average Bonchev–Trinajstić information content (AvgIpc) is 2.58. The number of nitrogens with one attached hydrogen (secondary N) is 2. The fourth-order valence-electron chi connectivity index (χ4n) is 2.22. The average molecular weight is 389 g/mol. The van der Waals surface area contributed by atoms with Gasteiger partial charge in [-0.2, -0.15) is 0 Å². The summed E-state index contributed by atoms with van der Waals surface area (Å²) in [4.78, 5) is 23.9. The van der Waals surface area contributed by atoms with Crippen LogP contribution in [0.5, 0.6) is 0 Å². The van der Waals surface area contributed by atoms with E-state index in [1.807, 2.05) is 64.1 Å². The molecule has 0 aliphatic carbocycles. The minimum absolute atomic E-state index is 0.0691. The molecule has 4 nitrogen and oxygen atoms in total. The molecule has 0 aliphatic heterocycles. The van der Waals surface area contributed by atoms with Gasteiger partial charge in [0.1, 0.15) is 0 Å². The summed E-state index contributed by atoms with van der Waals surface area (Å²) in [6.45, 7) is 8.11. The lowest BCUT2D eigenvalue weighted by atomic mass is 10.1. The van der Waals surface area contributed by atoms with Gasteiger partial charge in [0.05, 0.1) is 11.5 Å². The Morgan fingerprint density at radius 1 is 0.692 bits per heavy atom. The van der Waals surface area contributed by atoms with E-state index in [2.05, 4.69) is 10.6 Å². The van der Waals surface area contributed by atoms with Crippen LogP contribution in [0.4, 0.5) is 11.4 Å². The van der Waals surface area contributed by atoms with Crippen LogP contribution in [0.25, 0.3) is 0 Å². The van der Waals surface area contributed by atoms with E-state index in [0.29, 0.717) is 11.5 Å². The van der Waals surface area contributed by atoms with Crippen molar-refractivity contribution in [1.29, 1.82) is 0 Å². The number of benzene rings is 2. The monoisotopic (exact) mass is 388 g/mol. The van der Waals surface area contributed by atoms with E-state index in [0.717, 1.165) is 22.5 Å². The number of amides is 2. The molecule has 2 aromatic carbocycles. The molecule has 0 saturated carbocycles. The molecule has 0 radical (unpaired) electrons. The molecule has 2 aromatic rings. The van der Waals surface area contributed by atoms with Crippen LogP contribution in [-0.2, 0) is 9.59 Å². The van der Waals surface area contributed by atoms with Gasteiger partial charge in [-0.15, -0.1) is 0 Å². The number of rotatable bonds is 7. The lowest BCUT2D eigenvalue weighted by Crippen LogP contribution is -2.15. The second kappa shape index (κ2) is 9.69. The molecule has 0 spiro atoms. The summed E-state index contributed by atoms with van der Waals surface area (Å²) in [7, 11) is 2.75. The van der Waals surface area contributed by atoms with Crippen molar-refractivity contribution in [3.05, 3.63) is 58.7 Å². The van der Waals surface area contributed by atoms with E-state index < -0.39 is 0 Å². The van der Waals surface area contributed by atoms with Crippen LogP contribution < -0.4 is 10.6 Å². The summed E-state index contributed by atoms with van der Waals surface area (Å²) < 4.78 is 0. The number of carbonyl (C=O) groups excluding carboxylic acids is 2. The molecule has 2 rings (SSSR count). The molecule has 138 valence electrons. The molecular formula is C20H24N2O2S2. The SMILES string of the molecule is Cc1ccc(NC(=O)CSSCC(=O)Nc2ccc(C)c(C)c2)cc1C. The summed E-state index contributed by atoms with van der Waals surface area (Å²) in [6, 6.07) is 11.7. The highest BCUT2D eigenvalue weighted by Crippen LogP contribution is 2.22. The summed E-state index contributed by atoms with van der Waals surface area (Å²) in [5.74, 6) is 0.462. The van der Waals surface area contributed by atoms with Gasteiger partial charge in [0.25, 0.3) is 0 Å². The zero-order valence-corrected chi connectivity index (χ0v) is 17.1. The molecule has 0 heterocycles. The van der Waals surface area contributed by atoms with Crippen LogP contribution >= 0.6 is 21.6 Å². The number of hydrogen-bond acceptors (Lipinski definition) is 4. The lowest BCUT2D eigenvalue weighted by Gasteiger charge is -2.08. The minimum Gasteiger partial charge on any atom is -0.325 e. The molecule has 2 amide bonds. The van der Waals surface area contributed by atoms with Gasteiger partial charge in [0.15, 0.2) is 0 Å². The van der Waals surface area contributed by atoms with Crippen molar-refractivity contribution in [3.8, 4) is 0 Å². The van der Waals surface area contributed by atoms with Crippen molar-refractivity contribution in [2.45, 2.75) is 27.7 Å². The first kappa shape index (κ1) is 20.4. The van der Waals surface area contributed by atoms with E-state index in [4.69, 9.17) is 0 Å². The van der Waals surface area contributed by atoms with Crippen LogP contribution in [0.15, 0.2) is 36.4 Å². The van der Waals surface area contributed by atoms with E-state index >= 15 is 0 Å². The zero-order chi connectivity index (χ0) is 19.1. The number of anilines is 2. The van der Waals surface area contributed by atoms with Crippen LogP contribution in [-0.4, -0.2) is 23.3 Å². The van der Waals surface area contributed by atoms with Gasteiger partial charge in [-0.05, 0) is 74.2 Å². The highest BCUT2D eigenvalue weighted by molar-refractivity contribution is 8.77. The molecule has 2 N–H and O–H groups in total. The fraction of sp³-hybridized carbons (Fsp3) is 0.300. The highest BCUT2D eigenvalue weighted by atomic mass is 33.1. The molecule has 0 saturated heterocycles. The highest BCUT2D eigenvalue weighted by Gasteiger charge is 2.07. The fourth-order valence-corrected chi connectivity index (χ4v) is 3.89. The minimum atomic E-state index is -0.0691. The largest absolute Gasteiger partial charge is 0.325 e. The van der Waals surface area contributed by atoms with Crippen LogP contribution in [0.3, 0.4) is 0 Å². The second-order valence-corrected chi connectivity index (χ2v) is 8.68. The molecule has 26 heavy (non-hydrogen) atoms. The summed E-state index contributed by atoms with van der Waals surface area (Å²) in [6.07, 6.45) is 0. The van der Waals surface area contributed by atoms with Gasteiger partial charge in [-0.25, -0.2) is 0 Å². The van der Waals surface area contributed by atoms with Crippen molar-refractivity contribution in [1.82, 2.24) is 0 Å². The quantitative estimate of drug-likeness (QED) is 0.524.